The van der Waals surface area contributed by atoms with Gasteiger partial charge in [0.1, 0.15) is 0 Å². The molecule has 0 saturated carbocycles. The number of rotatable bonds is 4. The lowest BCUT2D eigenvalue weighted by atomic mass is 10.2. The Labute approximate surface area is 99.1 Å². The zero-order valence-corrected chi connectivity index (χ0v) is 9.63. The van der Waals surface area contributed by atoms with Crippen LogP contribution >= 0.6 is 0 Å². The number of aromatic nitrogens is 2. The van der Waals surface area contributed by atoms with E-state index in [9.17, 15) is 4.79 Å². The second-order valence-electron chi connectivity index (χ2n) is 4.09. The number of carbonyl (C=O) groups excluding carboxylic acids is 1. The summed E-state index contributed by atoms with van der Waals surface area (Å²) in [4.78, 5) is 11.9. The normalized spacial score (nSPS) is 12.6. The molecule has 1 atom stereocenters. The standard InChI is InChI=1S/C12H15N3O2/c1-9(8-16)6-13-12(17)10-7-14-15-5-3-2-4-11(10)15/h2-5,7,9,16H,6,8H2,1H3,(H,13,17). The fourth-order valence-electron chi connectivity index (χ4n) is 1.54. The molecule has 1 unspecified atom stereocenters. The first-order valence-corrected chi connectivity index (χ1v) is 5.54. The smallest absolute Gasteiger partial charge is 0.255 e. The third-order valence-corrected chi connectivity index (χ3v) is 2.59. The van der Waals surface area contributed by atoms with Gasteiger partial charge in [-0.2, -0.15) is 5.10 Å². The summed E-state index contributed by atoms with van der Waals surface area (Å²) in [6, 6.07) is 5.57. The van der Waals surface area contributed by atoms with Gasteiger partial charge in [0.05, 0.1) is 17.3 Å². The Kier molecular flexibility index (Phi) is 3.39. The van der Waals surface area contributed by atoms with Gasteiger partial charge in [-0.05, 0) is 18.1 Å². The van der Waals surface area contributed by atoms with E-state index in [2.05, 4.69) is 10.4 Å². The van der Waals surface area contributed by atoms with Crippen molar-refractivity contribution in [3.63, 3.8) is 0 Å². The molecule has 0 bridgehead atoms. The lowest BCUT2D eigenvalue weighted by Crippen LogP contribution is -2.29. The Bertz CT molecular complexity index is 521. The maximum Gasteiger partial charge on any atom is 0.255 e. The molecular formula is C12H15N3O2. The number of pyridine rings is 1. The van der Waals surface area contributed by atoms with Crippen LogP contribution in [0.4, 0.5) is 0 Å². The first-order chi connectivity index (χ1) is 8.22. The molecule has 2 heterocycles. The number of nitrogens with zero attached hydrogens (tertiary/aromatic N) is 2. The van der Waals surface area contributed by atoms with E-state index in [1.54, 1.807) is 16.9 Å². The van der Waals surface area contributed by atoms with Crippen molar-refractivity contribution in [1.82, 2.24) is 14.9 Å². The zero-order chi connectivity index (χ0) is 12.3. The Morgan fingerprint density at radius 3 is 3.18 bits per heavy atom. The molecule has 17 heavy (non-hydrogen) atoms. The number of amides is 1. The van der Waals surface area contributed by atoms with Crippen molar-refractivity contribution in [3.05, 3.63) is 36.2 Å². The molecule has 0 aromatic carbocycles. The van der Waals surface area contributed by atoms with Gasteiger partial charge >= 0.3 is 0 Å². The monoisotopic (exact) mass is 233 g/mol. The fraction of sp³-hybridized carbons (Fsp3) is 0.333. The molecule has 90 valence electrons. The first-order valence-electron chi connectivity index (χ1n) is 5.54. The molecule has 2 aromatic heterocycles. The van der Waals surface area contributed by atoms with Crippen LogP contribution in [-0.4, -0.2) is 33.8 Å². The Morgan fingerprint density at radius 1 is 1.59 bits per heavy atom. The van der Waals surface area contributed by atoms with Gasteiger partial charge in [-0.15, -0.1) is 0 Å². The Morgan fingerprint density at radius 2 is 2.41 bits per heavy atom. The SMILES string of the molecule is CC(CO)CNC(=O)c1cnn2ccccc12. The van der Waals surface area contributed by atoms with E-state index in [1.807, 2.05) is 25.1 Å². The van der Waals surface area contributed by atoms with Crippen LogP contribution in [0.5, 0.6) is 0 Å². The van der Waals surface area contributed by atoms with Crippen molar-refractivity contribution < 1.29 is 9.90 Å². The average Bonchev–Trinajstić information content (AvgIpc) is 2.79. The molecule has 2 aromatic rings. The highest BCUT2D eigenvalue weighted by atomic mass is 16.3. The maximum absolute atomic E-state index is 11.9. The van der Waals surface area contributed by atoms with Crippen molar-refractivity contribution in [2.45, 2.75) is 6.92 Å². The molecule has 0 aliphatic heterocycles. The van der Waals surface area contributed by atoms with Crippen LogP contribution in [0, 0.1) is 5.92 Å². The van der Waals surface area contributed by atoms with Crippen LogP contribution in [0.3, 0.4) is 0 Å². The molecule has 0 saturated heterocycles. The van der Waals surface area contributed by atoms with E-state index in [0.29, 0.717) is 12.1 Å². The minimum Gasteiger partial charge on any atom is -0.396 e. The van der Waals surface area contributed by atoms with E-state index in [4.69, 9.17) is 5.11 Å². The molecule has 0 aliphatic carbocycles. The van der Waals surface area contributed by atoms with Gasteiger partial charge in [-0.3, -0.25) is 4.79 Å². The van der Waals surface area contributed by atoms with Gasteiger partial charge in [-0.1, -0.05) is 13.0 Å². The minimum atomic E-state index is -0.161. The second-order valence-corrected chi connectivity index (χ2v) is 4.09. The molecular weight excluding hydrogens is 218 g/mol. The highest BCUT2D eigenvalue weighted by molar-refractivity contribution is 6.00. The third-order valence-electron chi connectivity index (χ3n) is 2.59. The molecule has 2 N–H and O–H groups in total. The summed E-state index contributed by atoms with van der Waals surface area (Å²) in [6.07, 6.45) is 3.34. The van der Waals surface area contributed by atoms with E-state index in [-0.39, 0.29) is 18.4 Å². The summed E-state index contributed by atoms with van der Waals surface area (Å²) in [5.41, 5.74) is 1.33. The minimum absolute atomic E-state index is 0.0563. The molecule has 1 amide bonds. The lowest BCUT2D eigenvalue weighted by Gasteiger charge is -2.08. The maximum atomic E-state index is 11.9. The van der Waals surface area contributed by atoms with Crippen molar-refractivity contribution in [2.75, 3.05) is 13.2 Å². The summed E-state index contributed by atoms with van der Waals surface area (Å²) >= 11 is 0. The van der Waals surface area contributed by atoms with Crippen molar-refractivity contribution in [3.8, 4) is 0 Å². The Hall–Kier alpha value is -1.88. The number of carbonyl (C=O) groups is 1. The third kappa shape index (κ3) is 2.45. The van der Waals surface area contributed by atoms with Crippen molar-refractivity contribution in [1.29, 1.82) is 0 Å². The summed E-state index contributed by atoms with van der Waals surface area (Å²) in [5, 5.41) is 15.8. The molecule has 2 rings (SSSR count). The first kappa shape index (κ1) is 11.6. The molecule has 5 heteroatoms. The van der Waals surface area contributed by atoms with Gasteiger partial charge in [0.2, 0.25) is 0 Å². The largest absolute Gasteiger partial charge is 0.396 e. The number of aliphatic hydroxyl groups excluding tert-OH is 1. The number of nitrogens with one attached hydrogen (secondary N) is 1. The number of aliphatic hydroxyl groups is 1. The van der Waals surface area contributed by atoms with Crippen LogP contribution in [0.15, 0.2) is 30.6 Å². The second kappa shape index (κ2) is 4.97. The highest BCUT2D eigenvalue weighted by Crippen LogP contribution is 2.09. The van der Waals surface area contributed by atoms with Gasteiger partial charge in [-0.25, -0.2) is 4.52 Å². The zero-order valence-electron chi connectivity index (χ0n) is 9.63. The van der Waals surface area contributed by atoms with Crippen LogP contribution in [-0.2, 0) is 0 Å². The summed E-state index contributed by atoms with van der Waals surface area (Å²) in [7, 11) is 0. The predicted octanol–water partition coefficient (Wildman–Crippen LogP) is 0.692. The molecule has 5 nitrogen and oxygen atoms in total. The highest BCUT2D eigenvalue weighted by Gasteiger charge is 2.12. The number of fused-ring (bicyclic) bond motifs is 1. The molecule has 0 aliphatic rings. The van der Waals surface area contributed by atoms with E-state index in [0.717, 1.165) is 5.52 Å². The van der Waals surface area contributed by atoms with Gasteiger partial charge in [0.25, 0.3) is 5.91 Å². The van der Waals surface area contributed by atoms with Crippen LogP contribution in [0.2, 0.25) is 0 Å². The van der Waals surface area contributed by atoms with E-state index >= 15 is 0 Å². The molecule has 0 spiro atoms. The van der Waals surface area contributed by atoms with E-state index < -0.39 is 0 Å². The number of hydrogen-bond acceptors (Lipinski definition) is 3. The average molecular weight is 233 g/mol. The van der Waals surface area contributed by atoms with Crippen molar-refractivity contribution in [2.24, 2.45) is 5.92 Å². The lowest BCUT2D eigenvalue weighted by molar-refractivity contribution is 0.0944. The molecule has 0 fully saturated rings. The quantitative estimate of drug-likeness (QED) is 0.816. The van der Waals surface area contributed by atoms with Gasteiger partial charge in [0.15, 0.2) is 0 Å². The Balaban J connectivity index is 2.14. The summed E-state index contributed by atoms with van der Waals surface area (Å²) in [5.74, 6) is -0.104. The van der Waals surface area contributed by atoms with Gasteiger partial charge < -0.3 is 10.4 Å². The summed E-state index contributed by atoms with van der Waals surface area (Å²) < 4.78 is 1.66. The van der Waals surface area contributed by atoms with Crippen LogP contribution in [0.1, 0.15) is 17.3 Å². The van der Waals surface area contributed by atoms with Crippen molar-refractivity contribution >= 4 is 11.4 Å². The number of hydrogen-bond donors (Lipinski definition) is 2. The summed E-state index contributed by atoms with van der Waals surface area (Å²) in [6.45, 7) is 2.39. The van der Waals surface area contributed by atoms with Crippen LogP contribution in [0.25, 0.3) is 5.52 Å². The predicted molar refractivity (Wildman–Crippen MR) is 63.8 cm³/mol. The fourth-order valence-corrected chi connectivity index (χ4v) is 1.54. The van der Waals surface area contributed by atoms with Gasteiger partial charge in [0, 0.05) is 19.3 Å². The van der Waals surface area contributed by atoms with E-state index in [1.165, 1.54) is 0 Å². The molecule has 0 radical (unpaired) electrons. The van der Waals surface area contributed by atoms with Crippen LogP contribution < -0.4 is 5.32 Å². The topological polar surface area (TPSA) is 66.6 Å².